The third kappa shape index (κ3) is 2.43. The van der Waals surface area contributed by atoms with E-state index in [0.29, 0.717) is 5.56 Å². The minimum atomic E-state index is -0.641. The molecule has 13 heavy (non-hydrogen) atoms. The molecule has 1 aromatic rings. The number of aliphatic hydroxyl groups excluding tert-OH is 1. The lowest BCUT2D eigenvalue weighted by atomic mass is 10.0. The highest BCUT2D eigenvalue weighted by molar-refractivity contribution is 9.10. The standard InChI is InChI=1S/C9H12BrNO2/c1-5(12)9(11)7-4-6(13)2-3-8(7)10/h2-5,9,12-13H,11H2,1H3/t5?,9-/m0/s1. The van der Waals surface area contributed by atoms with E-state index in [4.69, 9.17) is 5.73 Å². The van der Waals surface area contributed by atoms with Crippen LogP contribution in [0.5, 0.6) is 5.75 Å². The quantitative estimate of drug-likeness (QED) is 0.741. The molecular formula is C9H12BrNO2. The van der Waals surface area contributed by atoms with E-state index >= 15 is 0 Å². The molecule has 0 saturated heterocycles. The summed E-state index contributed by atoms with van der Waals surface area (Å²) < 4.78 is 0.790. The lowest BCUT2D eigenvalue weighted by Gasteiger charge is -2.16. The molecule has 1 rings (SSSR count). The van der Waals surface area contributed by atoms with Crippen LogP contribution in [0, 0.1) is 0 Å². The third-order valence-electron chi connectivity index (χ3n) is 1.86. The van der Waals surface area contributed by atoms with Gasteiger partial charge in [0.05, 0.1) is 12.1 Å². The van der Waals surface area contributed by atoms with E-state index in [1.54, 1.807) is 25.1 Å². The molecule has 0 amide bonds. The second-order valence-electron chi connectivity index (χ2n) is 2.97. The molecule has 0 spiro atoms. The van der Waals surface area contributed by atoms with Gasteiger partial charge in [0.2, 0.25) is 0 Å². The van der Waals surface area contributed by atoms with Crippen molar-refractivity contribution in [2.24, 2.45) is 5.73 Å². The molecule has 2 atom stereocenters. The first kappa shape index (κ1) is 10.5. The highest BCUT2D eigenvalue weighted by Crippen LogP contribution is 2.27. The topological polar surface area (TPSA) is 66.5 Å². The Morgan fingerprint density at radius 3 is 2.62 bits per heavy atom. The summed E-state index contributed by atoms with van der Waals surface area (Å²) in [5.41, 5.74) is 6.42. The number of aromatic hydroxyl groups is 1. The number of phenols is 1. The van der Waals surface area contributed by atoms with Crippen molar-refractivity contribution in [3.05, 3.63) is 28.2 Å². The van der Waals surface area contributed by atoms with Gasteiger partial charge in [-0.3, -0.25) is 0 Å². The molecule has 0 aliphatic rings. The van der Waals surface area contributed by atoms with Gasteiger partial charge < -0.3 is 15.9 Å². The minimum absolute atomic E-state index is 0.148. The fourth-order valence-electron chi connectivity index (χ4n) is 1.05. The third-order valence-corrected chi connectivity index (χ3v) is 2.58. The maximum Gasteiger partial charge on any atom is 0.115 e. The summed E-state index contributed by atoms with van der Waals surface area (Å²) in [6.45, 7) is 1.61. The van der Waals surface area contributed by atoms with Crippen LogP contribution in [0.15, 0.2) is 22.7 Å². The first-order valence-electron chi connectivity index (χ1n) is 3.94. The number of hydrogen-bond acceptors (Lipinski definition) is 3. The molecule has 0 aromatic heterocycles. The van der Waals surface area contributed by atoms with Crippen LogP contribution in [-0.4, -0.2) is 16.3 Å². The van der Waals surface area contributed by atoms with Crippen molar-refractivity contribution >= 4 is 15.9 Å². The largest absolute Gasteiger partial charge is 0.508 e. The van der Waals surface area contributed by atoms with Gasteiger partial charge in [0.25, 0.3) is 0 Å². The zero-order valence-corrected chi connectivity index (χ0v) is 8.82. The van der Waals surface area contributed by atoms with Crippen LogP contribution in [0.1, 0.15) is 18.5 Å². The summed E-state index contributed by atoms with van der Waals surface area (Å²) in [5.74, 6) is 0.148. The van der Waals surface area contributed by atoms with E-state index in [-0.39, 0.29) is 5.75 Å². The SMILES string of the molecule is CC(O)[C@H](N)c1cc(O)ccc1Br. The average Bonchev–Trinajstić information content (AvgIpc) is 2.08. The normalized spacial score (nSPS) is 15.4. The number of phenolic OH excluding ortho intramolecular Hbond substituents is 1. The predicted molar refractivity (Wildman–Crippen MR) is 54.4 cm³/mol. The second-order valence-corrected chi connectivity index (χ2v) is 3.83. The molecule has 4 N–H and O–H groups in total. The average molecular weight is 246 g/mol. The van der Waals surface area contributed by atoms with E-state index in [1.165, 1.54) is 0 Å². The van der Waals surface area contributed by atoms with Crippen LogP contribution < -0.4 is 5.73 Å². The Labute approximate surface area is 85.3 Å². The van der Waals surface area contributed by atoms with Gasteiger partial charge >= 0.3 is 0 Å². The Bertz CT molecular complexity index is 302. The van der Waals surface area contributed by atoms with Gasteiger partial charge in [-0.2, -0.15) is 0 Å². The Hall–Kier alpha value is -0.580. The van der Waals surface area contributed by atoms with E-state index in [2.05, 4.69) is 15.9 Å². The van der Waals surface area contributed by atoms with Gasteiger partial charge in [-0.05, 0) is 30.7 Å². The Morgan fingerprint density at radius 2 is 2.08 bits per heavy atom. The first-order chi connectivity index (χ1) is 6.02. The van der Waals surface area contributed by atoms with E-state index in [1.807, 2.05) is 0 Å². The van der Waals surface area contributed by atoms with Gasteiger partial charge in [-0.25, -0.2) is 0 Å². The number of benzene rings is 1. The Balaban J connectivity index is 3.05. The van der Waals surface area contributed by atoms with Gasteiger partial charge in [0.15, 0.2) is 0 Å². The van der Waals surface area contributed by atoms with Gasteiger partial charge in [-0.15, -0.1) is 0 Å². The zero-order chi connectivity index (χ0) is 10.0. The van der Waals surface area contributed by atoms with Crippen molar-refractivity contribution in [2.75, 3.05) is 0 Å². The van der Waals surface area contributed by atoms with Gasteiger partial charge in [0.1, 0.15) is 5.75 Å². The molecule has 1 aromatic carbocycles. The van der Waals surface area contributed by atoms with E-state index < -0.39 is 12.1 Å². The molecule has 0 aliphatic heterocycles. The van der Waals surface area contributed by atoms with Crippen LogP contribution in [0.4, 0.5) is 0 Å². The number of rotatable bonds is 2. The van der Waals surface area contributed by atoms with Crippen LogP contribution in [0.2, 0.25) is 0 Å². The monoisotopic (exact) mass is 245 g/mol. The molecule has 0 saturated carbocycles. The molecular weight excluding hydrogens is 234 g/mol. The lowest BCUT2D eigenvalue weighted by Crippen LogP contribution is -2.23. The van der Waals surface area contributed by atoms with Gasteiger partial charge in [-0.1, -0.05) is 15.9 Å². The fraction of sp³-hybridized carbons (Fsp3) is 0.333. The Morgan fingerprint density at radius 1 is 1.46 bits per heavy atom. The van der Waals surface area contributed by atoms with Gasteiger partial charge in [0, 0.05) is 4.47 Å². The van der Waals surface area contributed by atoms with Crippen LogP contribution in [0.3, 0.4) is 0 Å². The summed E-state index contributed by atoms with van der Waals surface area (Å²) in [6.07, 6.45) is -0.641. The number of nitrogens with two attached hydrogens (primary N) is 1. The molecule has 1 unspecified atom stereocenters. The van der Waals surface area contributed by atoms with Crippen molar-refractivity contribution in [1.82, 2.24) is 0 Å². The zero-order valence-electron chi connectivity index (χ0n) is 7.24. The molecule has 0 radical (unpaired) electrons. The molecule has 0 bridgehead atoms. The van der Waals surface area contributed by atoms with Crippen LogP contribution in [-0.2, 0) is 0 Å². The molecule has 0 aliphatic carbocycles. The second kappa shape index (κ2) is 4.09. The molecule has 0 heterocycles. The fourth-order valence-corrected chi connectivity index (χ4v) is 1.56. The molecule has 3 nitrogen and oxygen atoms in total. The van der Waals surface area contributed by atoms with E-state index in [0.717, 1.165) is 4.47 Å². The predicted octanol–water partition coefficient (Wildman–Crippen LogP) is 1.54. The molecule has 72 valence electrons. The molecule has 0 fully saturated rings. The first-order valence-corrected chi connectivity index (χ1v) is 4.73. The van der Waals surface area contributed by atoms with E-state index in [9.17, 15) is 10.2 Å². The highest BCUT2D eigenvalue weighted by atomic mass is 79.9. The summed E-state index contributed by atoms with van der Waals surface area (Å²) in [7, 11) is 0. The summed E-state index contributed by atoms with van der Waals surface area (Å²) in [6, 6.07) is 4.32. The number of aliphatic hydroxyl groups is 1. The maximum atomic E-state index is 9.26. The summed E-state index contributed by atoms with van der Waals surface area (Å²) in [4.78, 5) is 0. The summed E-state index contributed by atoms with van der Waals surface area (Å²) >= 11 is 3.30. The van der Waals surface area contributed by atoms with Crippen LogP contribution >= 0.6 is 15.9 Å². The molecule has 4 heteroatoms. The van der Waals surface area contributed by atoms with Crippen molar-refractivity contribution in [1.29, 1.82) is 0 Å². The minimum Gasteiger partial charge on any atom is -0.508 e. The Kier molecular flexibility index (Phi) is 3.30. The van der Waals surface area contributed by atoms with Crippen LogP contribution in [0.25, 0.3) is 0 Å². The smallest absolute Gasteiger partial charge is 0.115 e. The van der Waals surface area contributed by atoms with Crippen molar-refractivity contribution in [3.63, 3.8) is 0 Å². The maximum absolute atomic E-state index is 9.26. The number of halogens is 1. The van der Waals surface area contributed by atoms with Crippen molar-refractivity contribution < 1.29 is 10.2 Å². The van der Waals surface area contributed by atoms with Crippen molar-refractivity contribution in [3.8, 4) is 5.75 Å². The summed E-state index contributed by atoms with van der Waals surface area (Å²) in [5, 5.41) is 18.5. The van der Waals surface area contributed by atoms with Crippen molar-refractivity contribution in [2.45, 2.75) is 19.1 Å². The highest BCUT2D eigenvalue weighted by Gasteiger charge is 2.15. The lowest BCUT2D eigenvalue weighted by molar-refractivity contribution is 0.164. The number of hydrogen-bond donors (Lipinski definition) is 3.